The molecule has 0 atom stereocenters. The number of nitrogens with zero attached hydrogens (tertiary/aromatic N) is 1. The van der Waals surface area contributed by atoms with Crippen molar-refractivity contribution in [2.24, 2.45) is 5.92 Å². The van der Waals surface area contributed by atoms with Gasteiger partial charge < -0.3 is 5.11 Å². The summed E-state index contributed by atoms with van der Waals surface area (Å²) in [5.41, 5.74) is 0.819. The molecule has 1 heterocycles. The van der Waals surface area contributed by atoms with Crippen molar-refractivity contribution in [3.63, 3.8) is 0 Å². The Balaban J connectivity index is 1.96. The molecule has 20 heavy (non-hydrogen) atoms. The molecule has 1 aromatic heterocycles. The molecule has 0 spiro atoms. The molecule has 1 saturated carbocycles. The lowest BCUT2D eigenvalue weighted by Gasteiger charge is -2.36. The Kier molecular flexibility index (Phi) is 4.37. The molecule has 1 fully saturated rings. The van der Waals surface area contributed by atoms with E-state index in [4.69, 9.17) is 0 Å². The van der Waals surface area contributed by atoms with Crippen LogP contribution in [0.25, 0.3) is 0 Å². The van der Waals surface area contributed by atoms with Crippen molar-refractivity contribution in [1.82, 2.24) is 4.98 Å². The second kappa shape index (κ2) is 5.72. The Bertz CT molecular complexity index is 433. The van der Waals surface area contributed by atoms with Crippen LogP contribution < -0.4 is 0 Å². The van der Waals surface area contributed by atoms with E-state index in [2.05, 4.69) is 4.98 Å². The topological polar surface area (TPSA) is 33.1 Å². The normalized spacial score (nSPS) is 27.6. The highest BCUT2D eigenvalue weighted by molar-refractivity contribution is 5.15. The van der Waals surface area contributed by atoms with Crippen LogP contribution in [0.3, 0.4) is 0 Å². The zero-order valence-corrected chi connectivity index (χ0v) is 11.6. The van der Waals surface area contributed by atoms with E-state index >= 15 is 0 Å². The molecular weight excluding hydrogens is 267 g/mol. The minimum absolute atomic E-state index is 0.00699. The second-order valence-electron chi connectivity index (χ2n) is 5.73. The third-order valence-corrected chi connectivity index (χ3v) is 4.18. The first-order valence-corrected chi connectivity index (χ1v) is 7.05. The van der Waals surface area contributed by atoms with Crippen molar-refractivity contribution in [2.75, 3.05) is 0 Å². The van der Waals surface area contributed by atoms with Crippen LogP contribution in [-0.2, 0) is 12.8 Å². The van der Waals surface area contributed by atoms with Crippen LogP contribution in [0.5, 0.6) is 0 Å². The largest absolute Gasteiger partial charge is 0.391 e. The molecule has 0 aromatic carbocycles. The summed E-state index contributed by atoms with van der Waals surface area (Å²) < 4.78 is 37.8. The van der Waals surface area contributed by atoms with Gasteiger partial charge in [0, 0.05) is 18.3 Å². The van der Waals surface area contributed by atoms with Gasteiger partial charge in [0.1, 0.15) is 0 Å². The predicted octanol–water partition coefficient (Wildman–Crippen LogP) is 3.67. The lowest BCUT2D eigenvalue weighted by molar-refractivity contribution is -0.192. The third kappa shape index (κ3) is 3.72. The fourth-order valence-corrected chi connectivity index (χ4v) is 2.77. The van der Waals surface area contributed by atoms with E-state index in [1.165, 1.54) is 0 Å². The number of halogens is 3. The predicted molar refractivity (Wildman–Crippen MR) is 70.3 cm³/mol. The summed E-state index contributed by atoms with van der Waals surface area (Å²) in [6.45, 7) is 2.03. The van der Waals surface area contributed by atoms with Gasteiger partial charge in [-0.1, -0.05) is 13.0 Å². The fourth-order valence-electron chi connectivity index (χ4n) is 2.77. The standard InChI is InChI=1S/C15H20F3NO/c1-2-11-3-4-13(19-10-11)9-14(20)7-5-12(6-8-14)15(16,17)18/h3-4,10,12,20H,2,5-9H2,1H3. The van der Waals surface area contributed by atoms with Crippen LogP contribution >= 0.6 is 0 Å². The zero-order valence-electron chi connectivity index (χ0n) is 11.6. The maximum Gasteiger partial charge on any atom is 0.391 e. The quantitative estimate of drug-likeness (QED) is 0.920. The molecule has 0 bridgehead atoms. The Hall–Kier alpha value is -1.10. The monoisotopic (exact) mass is 287 g/mol. The van der Waals surface area contributed by atoms with Crippen LogP contribution in [0.15, 0.2) is 18.3 Å². The number of alkyl halides is 3. The average molecular weight is 287 g/mol. The van der Waals surface area contributed by atoms with Crippen LogP contribution in [-0.4, -0.2) is 21.9 Å². The van der Waals surface area contributed by atoms with Crippen LogP contribution in [0.2, 0.25) is 0 Å². The molecule has 0 radical (unpaired) electrons. The van der Waals surface area contributed by atoms with Gasteiger partial charge in [0.05, 0.1) is 11.5 Å². The molecule has 1 aliphatic rings. The Morgan fingerprint density at radius 3 is 2.40 bits per heavy atom. The van der Waals surface area contributed by atoms with Crippen molar-refractivity contribution in [2.45, 2.75) is 57.2 Å². The van der Waals surface area contributed by atoms with Crippen molar-refractivity contribution < 1.29 is 18.3 Å². The van der Waals surface area contributed by atoms with E-state index in [0.717, 1.165) is 17.7 Å². The van der Waals surface area contributed by atoms with E-state index in [-0.39, 0.29) is 25.7 Å². The molecule has 0 aliphatic heterocycles. The number of rotatable bonds is 3. The van der Waals surface area contributed by atoms with E-state index in [9.17, 15) is 18.3 Å². The molecule has 112 valence electrons. The number of aliphatic hydroxyl groups is 1. The summed E-state index contributed by atoms with van der Waals surface area (Å²) in [5.74, 6) is -1.27. The first-order valence-electron chi connectivity index (χ1n) is 7.05. The summed E-state index contributed by atoms with van der Waals surface area (Å²) in [6, 6.07) is 3.81. The van der Waals surface area contributed by atoms with Gasteiger partial charge in [-0.3, -0.25) is 4.98 Å². The van der Waals surface area contributed by atoms with Crippen molar-refractivity contribution in [3.05, 3.63) is 29.6 Å². The second-order valence-corrected chi connectivity index (χ2v) is 5.73. The maximum atomic E-state index is 12.6. The van der Waals surface area contributed by atoms with Gasteiger partial charge in [-0.05, 0) is 43.7 Å². The van der Waals surface area contributed by atoms with E-state index < -0.39 is 17.7 Å². The van der Waals surface area contributed by atoms with Gasteiger partial charge in [0.2, 0.25) is 0 Å². The van der Waals surface area contributed by atoms with Crippen molar-refractivity contribution in [1.29, 1.82) is 0 Å². The number of pyridine rings is 1. The van der Waals surface area contributed by atoms with Gasteiger partial charge in [-0.15, -0.1) is 0 Å². The minimum Gasteiger partial charge on any atom is -0.389 e. The molecule has 1 N–H and O–H groups in total. The molecule has 2 rings (SSSR count). The summed E-state index contributed by atoms with van der Waals surface area (Å²) in [4.78, 5) is 4.27. The fraction of sp³-hybridized carbons (Fsp3) is 0.667. The Morgan fingerprint density at radius 1 is 1.30 bits per heavy atom. The van der Waals surface area contributed by atoms with E-state index in [0.29, 0.717) is 6.42 Å². The van der Waals surface area contributed by atoms with Crippen LogP contribution in [0.4, 0.5) is 13.2 Å². The van der Waals surface area contributed by atoms with Gasteiger partial charge in [0.15, 0.2) is 0 Å². The van der Waals surface area contributed by atoms with Crippen molar-refractivity contribution in [3.8, 4) is 0 Å². The molecule has 0 amide bonds. The molecule has 2 nitrogen and oxygen atoms in total. The molecule has 5 heteroatoms. The highest BCUT2D eigenvalue weighted by Crippen LogP contribution is 2.42. The first kappa shape index (κ1) is 15.3. The summed E-state index contributed by atoms with van der Waals surface area (Å²) in [6.07, 6.45) is -0.752. The molecule has 0 unspecified atom stereocenters. The molecular formula is C15H20F3NO. The molecule has 0 saturated heterocycles. The van der Waals surface area contributed by atoms with E-state index in [1.54, 1.807) is 6.20 Å². The smallest absolute Gasteiger partial charge is 0.389 e. The van der Waals surface area contributed by atoms with Crippen molar-refractivity contribution >= 4 is 0 Å². The molecule has 1 aliphatic carbocycles. The van der Waals surface area contributed by atoms with Crippen LogP contribution in [0.1, 0.15) is 43.9 Å². The van der Waals surface area contributed by atoms with E-state index in [1.807, 2.05) is 19.1 Å². The minimum atomic E-state index is -4.14. The van der Waals surface area contributed by atoms with Gasteiger partial charge in [-0.25, -0.2) is 0 Å². The van der Waals surface area contributed by atoms with Gasteiger partial charge in [0.25, 0.3) is 0 Å². The lowest BCUT2D eigenvalue weighted by Crippen LogP contribution is -2.40. The summed E-state index contributed by atoms with van der Waals surface area (Å²) in [7, 11) is 0. The SMILES string of the molecule is CCc1ccc(CC2(O)CCC(C(F)(F)F)CC2)nc1. The Morgan fingerprint density at radius 2 is 1.95 bits per heavy atom. The summed E-state index contributed by atoms with van der Waals surface area (Å²) >= 11 is 0. The highest BCUT2D eigenvalue weighted by atomic mass is 19.4. The number of hydrogen-bond donors (Lipinski definition) is 1. The van der Waals surface area contributed by atoms with Crippen LogP contribution in [0, 0.1) is 5.92 Å². The number of aryl methyl sites for hydroxylation is 1. The average Bonchev–Trinajstić information content (AvgIpc) is 2.38. The van der Waals surface area contributed by atoms with Gasteiger partial charge in [-0.2, -0.15) is 13.2 Å². The lowest BCUT2D eigenvalue weighted by atomic mass is 9.76. The van der Waals surface area contributed by atoms with Gasteiger partial charge >= 0.3 is 6.18 Å². The maximum absolute atomic E-state index is 12.6. The Labute approximate surface area is 117 Å². The number of hydrogen-bond acceptors (Lipinski definition) is 2. The zero-order chi connectivity index (χ0) is 14.8. The highest BCUT2D eigenvalue weighted by Gasteiger charge is 2.45. The first-order chi connectivity index (χ1) is 9.32. The third-order valence-electron chi connectivity index (χ3n) is 4.18. The molecule has 1 aromatic rings. The summed E-state index contributed by atoms with van der Waals surface area (Å²) in [5, 5.41) is 10.4. The number of aromatic nitrogens is 1.